The Morgan fingerprint density at radius 3 is 2.53 bits per heavy atom. The molecule has 17 heavy (non-hydrogen) atoms. The average molecular weight is 232 g/mol. The highest BCUT2D eigenvalue weighted by atomic mass is 15.3. The van der Waals surface area contributed by atoms with E-state index in [-0.39, 0.29) is 0 Å². The lowest BCUT2D eigenvalue weighted by atomic mass is 9.90. The van der Waals surface area contributed by atoms with E-state index in [0.717, 1.165) is 13.0 Å². The average Bonchev–Trinajstić information content (AvgIpc) is 2.36. The predicted octanol–water partition coefficient (Wildman–Crippen LogP) is 2.45. The van der Waals surface area contributed by atoms with Crippen LogP contribution >= 0.6 is 0 Å². The molecular formula is C15H24N2. The Bertz CT molecular complexity index is 341. The van der Waals surface area contributed by atoms with Crippen LogP contribution in [0.25, 0.3) is 0 Å². The van der Waals surface area contributed by atoms with Gasteiger partial charge in [-0.25, -0.2) is 0 Å². The molecule has 0 N–H and O–H groups in total. The largest absolute Gasteiger partial charge is 0.298 e. The highest BCUT2D eigenvalue weighted by Crippen LogP contribution is 2.28. The monoisotopic (exact) mass is 232 g/mol. The third kappa shape index (κ3) is 2.38. The maximum atomic E-state index is 3.99. The van der Waals surface area contributed by atoms with Crippen molar-refractivity contribution in [2.45, 2.75) is 32.4 Å². The van der Waals surface area contributed by atoms with Crippen LogP contribution in [-0.2, 0) is 0 Å². The van der Waals surface area contributed by atoms with Gasteiger partial charge < -0.3 is 0 Å². The Morgan fingerprint density at radius 2 is 1.94 bits per heavy atom. The van der Waals surface area contributed by atoms with Crippen molar-refractivity contribution >= 4 is 0 Å². The summed E-state index contributed by atoms with van der Waals surface area (Å²) >= 11 is 0. The molecule has 0 aliphatic carbocycles. The lowest BCUT2D eigenvalue weighted by molar-refractivity contribution is 0.0690. The summed E-state index contributed by atoms with van der Waals surface area (Å²) in [6.45, 7) is 17.2. The Balaban J connectivity index is 2.23. The molecular weight excluding hydrogens is 208 g/mol. The van der Waals surface area contributed by atoms with Gasteiger partial charge in [-0.1, -0.05) is 25.3 Å². The molecule has 1 saturated heterocycles. The molecule has 1 fully saturated rings. The molecule has 0 radical (unpaired) electrons. The van der Waals surface area contributed by atoms with Crippen LogP contribution in [0.2, 0.25) is 0 Å². The molecule has 0 spiro atoms. The van der Waals surface area contributed by atoms with E-state index in [9.17, 15) is 0 Å². The summed E-state index contributed by atoms with van der Waals surface area (Å²) in [6, 6.07) is 1.17. The van der Waals surface area contributed by atoms with E-state index in [1.807, 2.05) is 12.2 Å². The third-order valence-corrected chi connectivity index (χ3v) is 4.12. The third-order valence-electron chi connectivity index (χ3n) is 4.12. The molecule has 2 heterocycles. The molecule has 0 aromatic rings. The molecule has 0 aromatic carbocycles. The first-order valence-electron chi connectivity index (χ1n) is 6.63. The van der Waals surface area contributed by atoms with Crippen LogP contribution < -0.4 is 0 Å². The minimum absolute atomic E-state index is 0.533. The zero-order chi connectivity index (χ0) is 12.4. The van der Waals surface area contributed by atoms with Gasteiger partial charge >= 0.3 is 0 Å². The molecule has 1 unspecified atom stereocenters. The van der Waals surface area contributed by atoms with Crippen molar-refractivity contribution in [3.63, 3.8) is 0 Å². The molecule has 94 valence electrons. The summed E-state index contributed by atoms with van der Waals surface area (Å²) < 4.78 is 0. The van der Waals surface area contributed by atoms with Crippen LogP contribution in [0.1, 0.15) is 20.3 Å². The number of rotatable bonds is 3. The van der Waals surface area contributed by atoms with Crippen molar-refractivity contribution in [3.05, 3.63) is 36.5 Å². The quantitative estimate of drug-likeness (QED) is 0.737. The lowest BCUT2D eigenvalue weighted by Crippen LogP contribution is -2.56. The molecule has 2 aliphatic heterocycles. The summed E-state index contributed by atoms with van der Waals surface area (Å²) in [5, 5.41) is 0. The van der Waals surface area contributed by atoms with E-state index in [4.69, 9.17) is 0 Å². The first-order chi connectivity index (χ1) is 8.17. The fraction of sp³-hybridized carbons (Fsp3) is 0.600. The van der Waals surface area contributed by atoms with Gasteiger partial charge in [-0.2, -0.15) is 0 Å². The topological polar surface area (TPSA) is 6.48 Å². The van der Waals surface area contributed by atoms with E-state index < -0.39 is 0 Å². The van der Waals surface area contributed by atoms with Gasteiger partial charge in [-0.15, -0.1) is 0 Å². The van der Waals surface area contributed by atoms with Gasteiger partial charge in [0.1, 0.15) is 0 Å². The molecule has 0 aromatic heterocycles. The number of piperazine rings is 1. The molecule has 1 atom stereocenters. The van der Waals surface area contributed by atoms with Crippen molar-refractivity contribution in [1.82, 2.24) is 9.80 Å². The van der Waals surface area contributed by atoms with Gasteiger partial charge in [0.25, 0.3) is 0 Å². The SMILES string of the molecule is C=CC1=C(C=C)C2CN(C(C)C)CCN2CC1. The number of fused-ring (bicyclic) bond motifs is 1. The fourth-order valence-corrected chi connectivity index (χ4v) is 2.98. The van der Waals surface area contributed by atoms with Gasteiger partial charge in [-0.3, -0.25) is 9.80 Å². The first-order valence-corrected chi connectivity index (χ1v) is 6.63. The molecule has 2 heteroatoms. The number of allylic oxidation sites excluding steroid dienone is 1. The smallest absolute Gasteiger partial charge is 0.0478 e. The van der Waals surface area contributed by atoms with Crippen molar-refractivity contribution < 1.29 is 0 Å². The maximum absolute atomic E-state index is 3.99. The molecule has 0 saturated carbocycles. The Labute approximate surface area is 105 Å². The van der Waals surface area contributed by atoms with Crippen LogP contribution in [0.15, 0.2) is 36.5 Å². The normalized spacial score (nSPS) is 27.1. The Hall–Kier alpha value is -0.860. The van der Waals surface area contributed by atoms with Gasteiger partial charge in [0.05, 0.1) is 0 Å². The Kier molecular flexibility index (Phi) is 3.85. The summed E-state index contributed by atoms with van der Waals surface area (Å²) in [5.41, 5.74) is 2.79. The minimum Gasteiger partial charge on any atom is -0.298 e. The van der Waals surface area contributed by atoms with E-state index in [2.05, 4.69) is 36.8 Å². The van der Waals surface area contributed by atoms with Gasteiger partial charge in [0.15, 0.2) is 0 Å². The number of hydrogen-bond acceptors (Lipinski definition) is 2. The van der Waals surface area contributed by atoms with E-state index in [0.29, 0.717) is 12.1 Å². The predicted molar refractivity (Wildman–Crippen MR) is 74.1 cm³/mol. The van der Waals surface area contributed by atoms with Gasteiger partial charge in [-0.05, 0) is 31.4 Å². The first kappa shape index (κ1) is 12.6. The van der Waals surface area contributed by atoms with Crippen LogP contribution in [0, 0.1) is 0 Å². The second-order valence-electron chi connectivity index (χ2n) is 5.28. The zero-order valence-corrected chi connectivity index (χ0v) is 11.2. The highest BCUT2D eigenvalue weighted by Gasteiger charge is 2.32. The van der Waals surface area contributed by atoms with E-state index in [1.165, 1.54) is 30.8 Å². The van der Waals surface area contributed by atoms with Crippen LogP contribution in [0.5, 0.6) is 0 Å². The van der Waals surface area contributed by atoms with Crippen molar-refractivity contribution in [2.75, 3.05) is 26.2 Å². The Morgan fingerprint density at radius 1 is 1.18 bits per heavy atom. The molecule has 2 nitrogen and oxygen atoms in total. The van der Waals surface area contributed by atoms with Crippen molar-refractivity contribution in [3.8, 4) is 0 Å². The van der Waals surface area contributed by atoms with Crippen LogP contribution in [0.3, 0.4) is 0 Å². The second kappa shape index (κ2) is 5.19. The molecule has 2 aliphatic rings. The lowest BCUT2D eigenvalue weighted by Gasteiger charge is -2.46. The summed E-state index contributed by atoms with van der Waals surface area (Å²) in [5.74, 6) is 0. The standard InChI is InChI=1S/C15H24N2/c1-5-13-7-8-16-9-10-17(12(3)4)11-15(16)14(13)6-2/h5-6,12,15H,1-2,7-11H2,3-4H3. The van der Waals surface area contributed by atoms with E-state index in [1.54, 1.807) is 0 Å². The van der Waals surface area contributed by atoms with Gasteiger partial charge in [0, 0.05) is 38.3 Å². The zero-order valence-electron chi connectivity index (χ0n) is 11.2. The summed E-state index contributed by atoms with van der Waals surface area (Å²) in [6.07, 6.45) is 5.18. The summed E-state index contributed by atoms with van der Waals surface area (Å²) in [4.78, 5) is 5.17. The fourth-order valence-electron chi connectivity index (χ4n) is 2.98. The van der Waals surface area contributed by atoms with Crippen LogP contribution in [-0.4, -0.2) is 48.1 Å². The molecule has 0 amide bonds. The maximum Gasteiger partial charge on any atom is 0.0478 e. The van der Waals surface area contributed by atoms with Gasteiger partial charge in [0.2, 0.25) is 0 Å². The van der Waals surface area contributed by atoms with E-state index >= 15 is 0 Å². The van der Waals surface area contributed by atoms with Crippen molar-refractivity contribution in [1.29, 1.82) is 0 Å². The second-order valence-corrected chi connectivity index (χ2v) is 5.28. The number of hydrogen-bond donors (Lipinski definition) is 0. The number of nitrogens with zero attached hydrogens (tertiary/aromatic N) is 2. The summed E-state index contributed by atoms with van der Waals surface area (Å²) in [7, 11) is 0. The van der Waals surface area contributed by atoms with Crippen LogP contribution in [0.4, 0.5) is 0 Å². The minimum atomic E-state index is 0.533. The molecule has 0 bridgehead atoms. The highest BCUT2D eigenvalue weighted by molar-refractivity contribution is 5.38. The molecule has 2 rings (SSSR count). The van der Waals surface area contributed by atoms with Crippen molar-refractivity contribution in [2.24, 2.45) is 0 Å².